The summed E-state index contributed by atoms with van der Waals surface area (Å²) in [6, 6.07) is 6.16. The lowest BCUT2D eigenvalue weighted by molar-refractivity contribution is 0.281. The highest BCUT2D eigenvalue weighted by molar-refractivity contribution is 14.1. The third kappa shape index (κ3) is 1.86. The fourth-order valence-corrected chi connectivity index (χ4v) is 3.15. The summed E-state index contributed by atoms with van der Waals surface area (Å²) in [6.07, 6.45) is 0. The van der Waals surface area contributed by atoms with Crippen molar-refractivity contribution in [2.45, 2.75) is 10.8 Å². The summed E-state index contributed by atoms with van der Waals surface area (Å²) in [5.41, 5.74) is 0.989. The van der Waals surface area contributed by atoms with Gasteiger partial charge in [-0.15, -0.1) is 24.0 Å². The molecule has 0 atom stereocenters. The number of aliphatic hydroxyl groups excluding tert-OH is 1. The predicted octanol–water partition coefficient (Wildman–Crippen LogP) is 3.29. The Morgan fingerprint density at radius 3 is 2.85 bits per heavy atom. The number of aliphatic hydroxyl groups is 1. The van der Waals surface area contributed by atoms with E-state index in [4.69, 9.17) is 5.11 Å². The molecule has 0 aliphatic rings. The third-order valence-electron chi connectivity index (χ3n) is 1.84. The Morgan fingerprint density at radius 2 is 2.15 bits per heavy atom. The molecule has 0 unspecified atom stereocenters. The molecule has 13 heavy (non-hydrogen) atoms. The Morgan fingerprint density at radius 1 is 1.38 bits per heavy atom. The first-order valence-corrected chi connectivity index (χ1v) is 6.07. The molecule has 1 aromatic carbocycles. The summed E-state index contributed by atoms with van der Waals surface area (Å²) in [6.45, 7) is 0.105. The highest BCUT2D eigenvalue weighted by Gasteiger charge is 2.04. The van der Waals surface area contributed by atoms with Crippen LogP contribution in [0.2, 0.25) is 0 Å². The van der Waals surface area contributed by atoms with Gasteiger partial charge in [-0.2, -0.15) is 0 Å². The Labute approximate surface area is 99.3 Å². The van der Waals surface area contributed by atoms with Gasteiger partial charge in [0.2, 0.25) is 0 Å². The van der Waals surface area contributed by atoms with Gasteiger partial charge in [-0.3, -0.25) is 0 Å². The van der Waals surface area contributed by atoms with Gasteiger partial charge in [0, 0.05) is 8.27 Å². The van der Waals surface area contributed by atoms with Crippen molar-refractivity contribution in [3.8, 4) is 0 Å². The van der Waals surface area contributed by atoms with Crippen LogP contribution in [-0.4, -0.2) is 5.11 Å². The second kappa shape index (κ2) is 3.76. The van der Waals surface area contributed by atoms with Crippen LogP contribution in [0.25, 0.3) is 10.1 Å². The molecule has 0 saturated carbocycles. The first-order valence-electron chi connectivity index (χ1n) is 3.72. The number of fused-ring (bicyclic) bond motifs is 1. The van der Waals surface area contributed by atoms with Gasteiger partial charge in [-0.1, -0.05) is 0 Å². The molecular weight excluding hydrogens is 315 g/mol. The number of halogens is 1. The number of thiophene rings is 1. The summed E-state index contributed by atoms with van der Waals surface area (Å²) < 4.78 is 3.31. The highest BCUT2D eigenvalue weighted by Crippen LogP contribution is 2.31. The van der Waals surface area contributed by atoms with Gasteiger partial charge in [0.05, 0.1) is 10.8 Å². The van der Waals surface area contributed by atoms with E-state index in [1.54, 1.807) is 11.3 Å². The maximum Gasteiger partial charge on any atom is 0.0692 e. The van der Waals surface area contributed by atoms with Crippen LogP contribution in [0.1, 0.15) is 5.56 Å². The molecule has 1 heterocycles. The van der Waals surface area contributed by atoms with Crippen molar-refractivity contribution in [3.05, 3.63) is 27.3 Å². The maximum absolute atomic E-state index is 9.07. The standard InChI is InChI=1S/C9H7IOS2/c10-7-1-5-3-9(12)13-8(5)2-6(7)4-11/h1-3,11-12H,4H2. The Balaban J connectivity index is 2.72. The average molecular weight is 322 g/mol. The van der Waals surface area contributed by atoms with Gasteiger partial charge in [-0.25, -0.2) is 0 Å². The SMILES string of the molecule is OCc1cc2sc(S)cc2cc1I. The largest absolute Gasteiger partial charge is 0.392 e. The second-order valence-corrected chi connectivity index (χ2v) is 5.75. The molecule has 68 valence electrons. The van der Waals surface area contributed by atoms with Crippen LogP contribution in [0.5, 0.6) is 0 Å². The van der Waals surface area contributed by atoms with Crippen molar-refractivity contribution in [1.82, 2.24) is 0 Å². The lowest BCUT2D eigenvalue weighted by atomic mass is 10.2. The summed E-state index contributed by atoms with van der Waals surface area (Å²) in [4.78, 5) is 0. The molecule has 0 aliphatic carbocycles. The molecule has 1 aromatic heterocycles. The van der Waals surface area contributed by atoms with Crippen LogP contribution < -0.4 is 0 Å². The monoisotopic (exact) mass is 322 g/mol. The number of hydrogen-bond acceptors (Lipinski definition) is 3. The summed E-state index contributed by atoms with van der Waals surface area (Å²) in [7, 11) is 0. The highest BCUT2D eigenvalue weighted by atomic mass is 127. The van der Waals surface area contributed by atoms with E-state index in [1.165, 1.54) is 10.1 Å². The van der Waals surface area contributed by atoms with Crippen molar-refractivity contribution in [2.75, 3.05) is 0 Å². The second-order valence-electron chi connectivity index (χ2n) is 2.72. The minimum Gasteiger partial charge on any atom is -0.392 e. The van der Waals surface area contributed by atoms with Crippen molar-refractivity contribution < 1.29 is 5.11 Å². The van der Waals surface area contributed by atoms with E-state index < -0.39 is 0 Å². The molecule has 0 aliphatic heterocycles. The number of thiol groups is 1. The minimum atomic E-state index is 0.105. The van der Waals surface area contributed by atoms with Crippen LogP contribution in [0.3, 0.4) is 0 Å². The molecule has 1 N–H and O–H groups in total. The molecule has 0 amide bonds. The number of hydrogen-bond donors (Lipinski definition) is 2. The van der Waals surface area contributed by atoms with Crippen molar-refractivity contribution >= 4 is 56.6 Å². The lowest BCUT2D eigenvalue weighted by Gasteiger charge is -1.99. The normalized spacial score (nSPS) is 11.0. The zero-order chi connectivity index (χ0) is 9.42. The fraction of sp³-hybridized carbons (Fsp3) is 0.111. The quantitative estimate of drug-likeness (QED) is 0.610. The van der Waals surface area contributed by atoms with E-state index in [-0.39, 0.29) is 6.61 Å². The van der Waals surface area contributed by atoms with Crippen LogP contribution >= 0.6 is 46.6 Å². The van der Waals surface area contributed by atoms with Crippen LogP contribution in [0.4, 0.5) is 0 Å². The molecule has 0 fully saturated rings. The fourth-order valence-electron chi connectivity index (χ4n) is 1.21. The first-order chi connectivity index (χ1) is 6.20. The Hall–Kier alpha value is 0.220. The van der Waals surface area contributed by atoms with E-state index in [9.17, 15) is 0 Å². The lowest BCUT2D eigenvalue weighted by Crippen LogP contribution is -1.86. The van der Waals surface area contributed by atoms with E-state index >= 15 is 0 Å². The number of benzene rings is 1. The summed E-state index contributed by atoms with van der Waals surface area (Å²) in [5.74, 6) is 0. The maximum atomic E-state index is 9.07. The van der Waals surface area contributed by atoms with Gasteiger partial charge in [-0.05, 0) is 51.7 Å². The average Bonchev–Trinajstić information content (AvgIpc) is 2.42. The van der Waals surface area contributed by atoms with Gasteiger partial charge >= 0.3 is 0 Å². The van der Waals surface area contributed by atoms with Gasteiger partial charge in [0.15, 0.2) is 0 Å². The topological polar surface area (TPSA) is 20.2 Å². The molecule has 0 saturated heterocycles. The van der Waals surface area contributed by atoms with E-state index in [2.05, 4.69) is 41.3 Å². The predicted molar refractivity (Wildman–Crippen MR) is 67.7 cm³/mol. The smallest absolute Gasteiger partial charge is 0.0692 e. The first kappa shape index (κ1) is 9.76. The van der Waals surface area contributed by atoms with Gasteiger partial charge in [0.25, 0.3) is 0 Å². The van der Waals surface area contributed by atoms with Crippen molar-refractivity contribution in [3.63, 3.8) is 0 Å². The Bertz CT molecular complexity index is 450. The van der Waals surface area contributed by atoms with Crippen molar-refractivity contribution in [2.24, 2.45) is 0 Å². The molecule has 4 heteroatoms. The zero-order valence-corrected chi connectivity index (χ0v) is 10.5. The van der Waals surface area contributed by atoms with E-state index in [1.807, 2.05) is 12.1 Å². The molecule has 0 spiro atoms. The Kier molecular flexibility index (Phi) is 2.83. The van der Waals surface area contributed by atoms with E-state index in [0.29, 0.717) is 0 Å². The molecule has 2 aromatic rings. The van der Waals surface area contributed by atoms with Crippen LogP contribution in [0, 0.1) is 3.57 Å². The van der Waals surface area contributed by atoms with Gasteiger partial charge < -0.3 is 5.11 Å². The molecule has 0 radical (unpaired) electrons. The third-order valence-corrected chi connectivity index (χ3v) is 4.15. The van der Waals surface area contributed by atoms with E-state index in [0.717, 1.165) is 13.3 Å². The zero-order valence-electron chi connectivity index (χ0n) is 6.62. The number of rotatable bonds is 1. The molecule has 1 nitrogen and oxygen atoms in total. The van der Waals surface area contributed by atoms with Crippen LogP contribution in [-0.2, 0) is 6.61 Å². The van der Waals surface area contributed by atoms with Crippen LogP contribution in [0.15, 0.2) is 22.4 Å². The summed E-state index contributed by atoms with van der Waals surface area (Å²) >= 11 is 8.17. The van der Waals surface area contributed by atoms with Gasteiger partial charge in [0.1, 0.15) is 0 Å². The summed E-state index contributed by atoms with van der Waals surface area (Å²) in [5, 5.41) is 10.3. The molecule has 2 rings (SSSR count). The molecule has 0 bridgehead atoms. The minimum absolute atomic E-state index is 0.105. The van der Waals surface area contributed by atoms with Crippen molar-refractivity contribution in [1.29, 1.82) is 0 Å². The molecular formula is C9H7IOS2.